The predicted octanol–water partition coefficient (Wildman–Crippen LogP) is 5.83. The summed E-state index contributed by atoms with van der Waals surface area (Å²) in [6.07, 6.45) is 0. The lowest BCUT2D eigenvalue weighted by molar-refractivity contribution is 0.398. The molecule has 3 heteroatoms. The van der Waals surface area contributed by atoms with Gasteiger partial charge in [-0.05, 0) is 28.5 Å². The third-order valence-electron chi connectivity index (χ3n) is 4.69. The van der Waals surface area contributed by atoms with Crippen LogP contribution in [0.25, 0.3) is 22.2 Å². The molecule has 0 bridgehead atoms. The molecule has 0 aliphatic heterocycles. The number of aromatic amines is 1. The molecule has 0 atom stereocenters. The van der Waals surface area contributed by atoms with Gasteiger partial charge in [0.25, 0.3) is 0 Å². The molecule has 0 aliphatic carbocycles. The summed E-state index contributed by atoms with van der Waals surface area (Å²) in [6, 6.07) is 12.7. The topological polar surface area (TPSA) is 37.9 Å². The maximum absolute atomic E-state index is 5.89. The van der Waals surface area contributed by atoms with Crippen LogP contribution in [0.1, 0.15) is 52.7 Å². The van der Waals surface area contributed by atoms with Crippen molar-refractivity contribution < 1.29 is 4.74 Å². The molecule has 2 aromatic carbocycles. The van der Waals surface area contributed by atoms with Crippen molar-refractivity contribution in [3.05, 3.63) is 47.5 Å². The van der Waals surface area contributed by atoms with Gasteiger partial charge in [0.1, 0.15) is 11.4 Å². The molecule has 0 amide bonds. The Morgan fingerprint density at radius 3 is 2.20 bits per heavy atom. The average Bonchev–Trinajstić information content (AvgIpc) is 2.95. The van der Waals surface area contributed by atoms with E-state index in [1.54, 1.807) is 7.11 Å². The highest BCUT2D eigenvalue weighted by molar-refractivity contribution is 5.94. The monoisotopic (exact) mass is 336 g/mol. The summed E-state index contributed by atoms with van der Waals surface area (Å²) in [5, 5.41) is 8.88. The molecule has 132 valence electrons. The number of nitrogens with one attached hydrogen (secondary N) is 1. The molecular formula is C22H28N2O. The fourth-order valence-corrected chi connectivity index (χ4v) is 3.18. The second-order valence-corrected chi connectivity index (χ2v) is 8.72. The molecule has 0 aliphatic rings. The Morgan fingerprint density at radius 1 is 0.920 bits per heavy atom. The maximum atomic E-state index is 5.89. The number of aromatic nitrogens is 2. The van der Waals surface area contributed by atoms with Crippen LogP contribution in [-0.4, -0.2) is 17.3 Å². The van der Waals surface area contributed by atoms with Crippen molar-refractivity contribution in [1.29, 1.82) is 0 Å². The predicted molar refractivity (Wildman–Crippen MR) is 105 cm³/mol. The molecule has 1 heterocycles. The largest absolute Gasteiger partial charge is 0.496 e. The molecule has 3 rings (SSSR count). The molecule has 0 radical (unpaired) electrons. The van der Waals surface area contributed by atoms with Gasteiger partial charge < -0.3 is 4.74 Å². The van der Waals surface area contributed by atoms with Gasteiger partial charge in [0.05, 0.1) is 12.6 Å². The molecule has 3 nitrogen and oxygen atoms in total. The van der Waals surface area contributed by atoms with Crippen LogP contribution in [0.15, 0.2) is 36.4 Å². The first-order chi connectivity index (χ1) is 11.6. The number of fused-ring (bicyclic) bond motifs is 1. The highest BCUT2D eigenvalue weighted by Crippen LogP contribution is 2.43. The first-order valence-electron chi connectivity index (χ1n) is 8.79. The Morgan fingerprint density at radius 2 is 1.60 bits per heavy atom. The number of nitrogens with zero attached hydrogens (tertiary/aromatic N) is 1. The van der Waals surface area contributed by atoms with Gasteiger partial charge in [-0.3, -0.25) is 5.10 Å². The minimum Gasteiger partial charge on any atom is -0.496 e. The lowest BCUT2D eigenvalue weighted by Gasteiger charge is -2.28. The van der Waals surface area contributed by atoms with Crippen molar-refractivity contribution >= 4 is 10.9 Å². The van der Waals surface area contributed by atoms with Crippen LogP contribution in [-0.2, 0) is 10.8 Å². The Kier molecular flexibility index (Phi) is 4.14. The van der Waals surface area contributed by atoms with E-state index in [2.05, 4.69) is 76.0 Å². The first-order valence-corrected chi connectivity index (χ1v) is 8.79. The van der Waals surface area contributed by atoms with Crippen molar-refractivity contribution in [2.45, 2.75) is 52.4 Å². The molecule has 0 saturated carbocycles. The number of hydrogen-bond acceptors (Lipinski definition) is 2. The van der Waals surface area contributed by atoms with Crippen LogP contribution in [0.5, 0.6) is 5.75 Å². The second kappa shape index (κ2) is 5.91. The normalized spacial score (nSPS) is 12.6. The van der Waals surface area contributed by atoms with Crippen LogP contribution >= 0.6 is 0 Å². The Bertz CT molecular complexity index is 908. The fourth-order valence-electron chi connectivity index (χ4n) is 3.18. The van der Waals surface area contributed by atoms with Gasteiger partial charge >= 0.3 is 0 Å². The molecule has 1 N–H and O–H groups in total. The molecule has 0 saturated heterocycles. The Hall–Kier alpha value is -2.29. The second-order valence-electron chi connectivity index (χ2n) is 8.72. The first kappa shape index (κ1) is 17.5. The summed E-state index contributed by atoms with van der Waals surface area (Å²) in [5.74, 6) is 0.915. The molecule has 1 aromatic heterocycles. The van der Waals surface area contributed by atoms with Crippen molar-refractivity contribution in [3.63, 3.8) is 0 Å². The third kappa shape index (κ3) is 3.15. The quantitative estimate of drug-likeness (QED) is 0.639. The van der Waals surface area contributed by atoms with Gasteiger partial charge in [0, 0.05) is 16.5 Å². The molecular weight excluding hydrogens is 308 g/mol. The number of rotatable bonds is 2. The van der Waals surface area contributed by atoms with Crippen LogP contribution in [0.4, 0.5) is 0 Å². The summed E-state index contributed by atoms with van der Waals surface area (Å²) in [7, 11) is 1.75. The number of para-hydroxylation sites is 1. The lowest BCUT2D eigenvalue weighted by Crippen LogP contribution is -2.18. The fraction of sp³-hybridized carbons (Fsp3) is 0.409. The zero-order chi connectivity index (χ0) is 18.4. The van der Waals surface area contributed by atoms with Crippen molar-refractivity contribution in [2.24, 2.45) is 0 Å². The molecule has 25 heavy (non-hydrogen) atoms. The van der Waals surface area contributed by atoms with E-state index in [0.29, 0.717) is 0 Å². The number of methoxy groups -OCH3 is 1. The van der Waals surface area contributed by atoms with E-state index in [4.69, 9.17) is 4.74 Å². The Balaban J connectivity index is 2.38. The van der Waals surface area contributed by atoms with E-state index < -0.39 is 0 Å². The van der Waals surface area contributed by atoms with E-state index in [-0.39, 0.29) is 10.8 Å². The molecule has 0 fully saturated rings. The molecule has 3 aromatic rings. The van der Waals surface area contributed by atoms with Gasteiger partial charge in [-0.2, -0.15) is 5.10 Å². The zero-order valence-electron chi connectivity index (χ0n) is 16.3. The van der Waals surface area contributed by atoms with Gasteiger partial charge in [-0.15, -0.1) is 0 Å². The van der Waals surface area contributed by atoms with Crippen LogP contribution in [0.3, 0.4) is 0 Å². The summed E-state index contributed by atoms with van der Waals surface area (Å²) in [5.41, 5.74) is 5.57. The zero-order valence-corrected chi connectivity index (χ0v) is 16.3. The van der Waals surface area contributed by atoms with E-state index in [1.165, 1.54) is 11.1 Å². The van der Waals surface area contributed by atoms with E-state index in [1.807, 2.05) is 12.1 Å². The van der Waals surface area contributed by atoms with E-state index >= 15 is 0 Å². The highest BCUT2D eigenvalue weighted by Gasteiger charge is 2.27. The van der Waals surface area contributed by atoms with E-state index in [9.17, 15) is 0 Å². The number of hydrogen-bond donors (Lipinski definition) is 1. The van der Waals surface area contributed by atoms with Gasteiger partial charge in [-0.25, -0.2) is 0 Å². The summed E-state index contributed by atoms with van der Waals surface area (Å²) in [6.45, 7) is 13.4. The van der Waals surface area contributed by atoms with Crippen LogP contribution < -0.4 is 4.74 Å². The summed E-state index contributed by atoms with van der Waals surface area (Å²) in [4.78, 5) is 0. The third-order valence-corrected chi connectivity index (χ3v) is 4.69. The van der Waals surface area contributed by atoms with E-state index in [0.717, 1.165) is 27.9 Å². The molecule has 0 unspecified atom stereocenters. The number of ether oxygens (including phenoxy) is 1. The maximum Gasteiger partial charge on any atom is 0.132 e. The average molecular weight is 336 g/mol. The number of benzene rings is 2. The van der Waals surface area contributed by atoms with Crippen LogP contribution in [0, 0.1) is 0 Å². The SMILES string of the molecule is COc1c(-c2n[nH]c3ccccc23)cc(C(C)(C)C)cc1C(C)(C)C. The van der Waals surface area contributed by atoms with Crippen LogP contribution in [0.2, 0.25) is 0 Å². The van der Waals surface area contributed by atoms with Gasteiger partial charge in [0.2, 0.25) is 0 Å². The summed E-state index contributed by atoms with van der Waals surface area (Å²) < 4.78 is 5.89. The van der Waals surface area contributed by atoms with Crippen molar-refractivity contribution in [2.75, 3.05) is 7.11 Å². The van der Waals surface area contributed by atoms with Gasteiger partial charge in [0.15, 0.2) is 0 Å². The number of H-pyrrole nitrogens is 1. The summed E-state index contributed by atoms with van der Waals surface area (Å²) >= 11 is 0. The smallest absolute Gasteiger partial charge is 0.132 e. The van der Waals surface area contributed by atoms with Gasteiger partial charge in [-0.1, -0.05) is 65.8 Å². The minimum atomic E-state index is -0.0204. The highest BCUT2D eigenvalue weighted by atomic mass is 16.5. The minimum absolute atomic E-state index is 0.0204. The lowest BCUT2D eigenvalue weighted by atomic mass is 9.78. The molecule has 0 spiro atoms. The van der Waals surface area contributed by atoms with Crippen molar-refractivity contribution in [1.82, 2.24) is 10.2 Å². The standard InChI is InChI=1S/C22H28N2O/c1-21(2,3)14-12-16(20(25-7)17(13-14)22(4,5)6)19-15-10-8-9-11-18(15)23-24-19/h8-13H,1-7H3,(H,23,24). The van der Waals surface area contributed by atoms with Crippen molar-refractivity contribution in [3.8, 4) is 17.0 Å². The Labute approximate surface area is 150 Å².